The third-order valence-corrected chi connectivity index (χ3v) is 5.10. The lowest BCUT2D eigenvalue weighted by Crippen LogP contribution is -2.45. The van der Waals surface area contributed by atoms with Gasteiger partial charge in [0.25, 0.3) is 17.4 Å². The Morgan fingerprint density at radius 3 is 2.23 bits per heavy atom. The van der Waals surface area contributed by atoms with Gasteiger partial charge in [-0.2, -0.15) is 0 Å². The molecule has 8 nitrogen and oxygen atoms in total. The van der Waals surface area contributed by atoms with E-state index in [0.717, 1.165) is 4.90 Å². The van der Waals surface area contributed by atoms with Gasteiger partial charge in [-0.3, -0.25) is 24.1 Å². The standard InChI is InChI=1S/C22H20N4O4/c1-13(2)25(11-18-23-17-10-6-5-9-16(17)20(28)24-18)19(27)12-26-21(29)14-7-3-4-8-15(14)22(26)30/h3-10,13H,11-12H2,1-2H3,(H,23,24,28). The molecule has 0 saturated heterocycles. The minimum absolute atomic E-state index is 0.0553. The molecule has 2 aromatic carbocycles. The van der Waals surface area contributed by atoms with E-state index in [1.54, 1.807) is 48.5 Å². The van der Waals surface area contributed by atoms with Crippen LogP contribution in [0.4, 0.5) is 0 Å². The van der Waals surface area contributed by atoms with Gasteiger partial charge < -0.3 is 9.88 Å². The molecule has 8 heteroatoms. The summed E-state index contributed by atoms with van der Waals surface area (Å²) in [4.78, 5) is 60.0. The number of aromatic amines is 1. The average Bonchev–Trinajstić information content (AvgIpc) is 2.97. The van der Waals surface area contributed by atoms with Crippen molar-refractivity contribution in [2.45, 2.75) is 26.4 Å². The van der Waals surface area contributed by atoms with Crippen LogP contribution in [0.25, 0.3) is 10.9 Å². The van der Waals surface area contributed by atoms with Crippen LogP contribution in [0.1, 0.15) is 40.4 Å². The van der Waals surface area contributed by atoms with Crippen molar-refractivity contribution in [2.75, 3.05) is 6.54 Å². The molecule has 30 heavy (non-hydrogen) atoms. The fraction of sp³-hybridized carbons (Fsp3) is 0.227. The fourth-order valence-electron chi connectivity index (χ4n) is 3.54. The summed E-state index contributed by atoms with van der Waals surface area (Å²) < 4.78 is 0. The van der Waals surface area contributed by atoms with Crippen LogP contribution in [0.3, 0.4) is 0 Å². The number of carbonyl (C=O) groups is 3. The first-order chi connectivity index (χ1) is 14.4. The molecule has 152 valence electrons. The van der Waals surface area contributed by atoms with E-state index in [4.69, 9.17) is 0 Å². The third kappa shape index (κ3) is 3.36. The molecule has 1 N–H and O–H groups in total. The number of nitrogens with one attached hydrogen (secondary N) is 1. The molecule has 0 bridgehead atoms. The number of nitrogens with zero attached hydrogens (tertiary/aromatic N) is 3. The number of hydrogen-bond acceptors (Lipinski definition) is 5. The van der Waals surface area contributed by atoms with E-state index >= 15 is 0 Å². The number of amides is 3. The highest BCUT2D eigenvalue weighted by Crippen LogP contribution is 2.22. The molecule has 3 amide bonds. The SMILES string of the molecule is CC(C)N(Cc1nc2ccccc2c(=O)[nH]1)C(=O)CN1C(=O)c2ccccc2C1=O. The van der Waals surface area contributed by atoms with Crippen LogP contribution in [-0.4, -0.2) is 50.1 Å². The Hall–Kier alpha value is -3.81. The van der Waals surface area contributed by atoms with Gasteiger partial charge in [0.05, 0.1) is 28.6 Å². The molecule has 2 heterocycles. The van der Waals surface area contributed by atoms with Crippen LogP contribution in [0, 0.1) is 0 Å². The molecule has 1 aromatic heterocycles. The van der Waals surface area contributed by atoms with E-state index in [1.807, 2.05) is 13.8 Å². The van der Waals surface area contributed by atoms with Crippen molar-refractivity contribution >= 4 is 28.6 Å². The van der Waals surface area contributed by atoms with E-state index in [1.165, 1.54) is 4.90 Å². The zero-order valence-electron chi connectivity index (χ0n) is 16.6. The number of benzene rings is 2. The quantitative estimate of drug-likeness (QED) is 0.655. The maximum atomic E-state index is 13.0. The second-order valence-corrected chi connectivity index (χ2v) is 7.39. The van der Waals surface area contributed by atoms with Crippen molar-refractivity contribution in [1.82, 2.24) is 19.8 Å². The molecule has 0 spiro atoms. The topological polar surface area (TPSA) is 103 Å². The predicted octanol–water partition coefficient (Wildman–Crippen LogP) is 1.96. The summed E-state index contributed by atoms with van der Waals surface area (Å²) in [6.07, 6.45) is 0. The van der Waals surface area contributed by atoms with E-state index in [-0.39, 0.29) is 24.7 Å². The molecular formula is C22H20N4O4. The third-order valence-electron chi connectivity index (χ3n) is 5.10. The van der Waals surface area contributed by atoms with E-state index < -0.39 is 17.7 Å². The van der Waals surface area contributed by atoms with Crippen molar-refractivity contribution < 1.29 is 14.4 Å². The number of hydrogen-bond donors (Lipinski definition) is 1. The van der Waals surface area contributed by atoms with Gasteiger partial charge in [0, 0.05) is 6.04 Å². The lowest BCUT2D eigenvalue weighted by atomic mass is 10.1. The molecule has 0 unspecified atom stereocenters. The maximum Gasteiger partial charge on any atom is 0.262 e. The van der Waals surface area contributed by atoms with E-state index in [9.17, 15) is 19.2 Å². The molecule has 0 saturated carbocycles. The van der Waals surface area contributed by atoms with Crippen molar-refractivity contribution in [1.29, 1.82) is 0 Å². The highest BCUT2D eigenvalue weighted by molar-refractivity contribution is 6.22. The summed E-state index contributed by atoms with van der Waals surface area (Å²) in [6, 6.07) is 13.2. The number of fused-ring (bicyclic) bond motifs is 2. The normalized spacial score (nSPS) is 13.2. The van der Waals surface area contributed by atoms with Crippen LogP contribution in [-0.2, 0) is 11.3 Å². The summed E-state index contributed by atoms with van der Waals surface area (Å²) in [6.45, 7) is 3.32. The highest BCUT2D eigenvalue weighted by Gasteiger charge is 2.37. The van der Waals surface area contributed by atoms with Gasteiger partial charge in [0.15, 0.2) is 0 Å². The molecule has 0 fully saturated rings. The zero-order valence-corrected chi connectivity index (χ0v) is 16.6. The van der Waals surface area contributed by atoms with E-state index in [2.05, 4.69) is 9.97 Å². The summed E-state index contributed by atoms with van der Waals surface area (Å²) in [7, 11) is 0. The molecule has 1 aliphatic heterocycles. The lowest BCUT2D eigenvalue weighted by molar-refractivity contribution is -0.134. The molecule has 1 aliphatic rings. The van der Waals surface area contributed by atoms with Crippen LogP contribution < -0.4 is 5.56 Å². The Kier molecular flexibility index (Phi) is 4.91. The van der Waals surface area contributed by atoms with Crippen LogP contribution in [0.15, 0.2) is 53.3 Å². The van der Waals surface area contributed by atoms with Gasteiger partial charge in [-0.05, 0) is 38.1 Å². The Bertz CT molecular complexity index is 1200. The second-order valence-electron chi connectivity index (χ2n) is 7.39. The first kappa shape index (κ1) is 19.5. The number of imide groups is 1. The van der Waals surface area contributed by atoms with Gasteiger partial charge in [0.1, 0.15) is 12.4 Å². The Labute approximate surface area is 172 Å². The first-order valence-corrected chi connectivity index (χ1v) is 9.59. The van der Waals surface area contributed by atoms with Crippen LogP contribution in [0.2, 0.25) is 0 Å². The first-order valence-electron chi connectivity index (χ1n) is 9.59. The molecule has 0 atom stereocenters. The van der Waals surface area contributed by atoms with Crippen molar-refractivity contribution in [3.63, 3.8) is 0 Å². The van der Waals surface area contributed by atoms with Crippen LogP contribution in [0.5, 0.6) is 0 Å². The minimum atomic E-state index is -0.482. The van der Waals surface area contributed by atoms with Crippen LogP contribution >= 0.6 is 0 Å². The van der Waals surface area contributed by atoms with Gasteiger partial charge in [-0.15, -0.1) is 0 Å². The molecular weight excluding hydrogens is 384 g/mol. The largest absolute Gasteiger partial charge is 0.331 e. The Morgan fingerprint density at radius 2 is 1.60 bits per heavy atom. The summed E-state index contributed by atoms with van der Waals surface area (Å²) in [5.74, 6) is -1.03. The molecule has 3 aromatic rings. The van der Waals surface area contributed by atoms with Gasteiger partial charge in [-0.25, -0.2) is 4.98 Å². The maximum absolute atomic E-state index is 13.0. The van der Waals surface area contributed by atoms with Gasteiger partial charge in [0.2, 0.25) is 5.91 Å². The predicted molar refractivity (Wildman–Crippen MR) is 110 cm³/mol. The number of rotatable bonds is 5. The summed E-state index contributed by atoms with van der Waals surface area (Å²) in [5.41, 5.74) is 0.846. The number of carbonyl (C=O) groups excluding carboxylic acids is 3. The lowest BCUT2D eigenvalue weighted by Gasteiger charge is -2.28. The van der Waals surface area contributed by atoms with E-state index in [0.29, 0.717) is 27.9 Å². The monoisotopic (exact) mass is 404 g/mol. The smallest absolute Gasteiger partial charge is 0.262 e. The molecule has 0 aliphatic carbocycles. The zero-order chi connectivity index (χ0) is 21.4. The Balaban J connectivity index is 1.57. The second kappa shape index (κ2) is 7.55. The minimum Gasteiger partial charge on any atom is -0.331 e. The van der Waals surface area contributed by atoms with Gasteiger partial charge >= 0.3 is 0 Å². The number of para-hydroxylation sites is 1. The number of aromatic nitrogens is 2. The van der Waals surface area contributed by atoms with Gasteiger partial charge in [-0.1, -0.05) is 24.3 Å². The summed E-state index contributed by atoms with van der Waals surface area (Å²) in [5, 5.41) is 0.467. The molecule has 0 radical (unpaired) electrons. The highest BCUT2D eigenvalue weighted by atomic mass is 16.2. The fourth-order valence-corrected chi connectivity index (χ4v) is 3.54. The van der Waals surface area contributed by atoms with Crippen molar-refractivity contribution in [2.24, 2.45) is 0 Å². The van der Waals surface area contributed by atoms with Crippen molar-refractivity contribution in [3.8, 4) is 0 Å². The Morgan fingerprint density at radius 1 is 1.00 bits per heavy atom. The number of H-pyrrole nitrogens is 1. The van der Waals surface area contributed by atoms with Crippen molar-refractivity contribution in [3.05, 3.63) is 75.8 Å². The average molecular weight is 404 g/mol. The summed E-state index contributed by atoms with van der Waals surface area (Å²) >= 11 is 0. The molecule has 4 rings (SSSR count).